The molecule has 94 valence electrons. The van der Waals surface area contributed by atoms with E-state index in [9.17, 15) is 14.4 Å². The zero-order valence-corrected chi connectivity index (χ0v) is 9.52. The molecule has 2 fully saturated rings. The molecular weight excluding hydrogens is 224 g/mol. The number of carbonyl (C=O) groups excluding carboxylic acids is 2. The first kappa shape index (κ1) is 11.9. The average Bonchev–Trinajstić information content (AvgIpc) is 2.75. The molecule has 0 aliphatic carbocycles. The Kier molecular flexibility index (Phi) is 3.31. The third-order valence-corrected chi connectivity index (χ3v) is 3.38. The Morgan fingerprint density at radius 1 is 1.35 bits per heavy atom. The Morgan fingerprint density at radius 2 is 2.12 bits per heavy atom. The molecule has 2 aliphatic rings. The third-order valence-electron chi connectivity index (χ3n) is 3.38. The molecule has 0 spiro atoms. The Balaban J connectivity index is 1.95. The minimum atomic E-state index is -0.849. The van der Waals surface area contributed by atoms with Gasteiger partial charge in [0.05, 0.1) is 5.92 Å². The molecule has 0 aromatic rings. The zero-order chi connectivity index (χ0) is 12.4. The molecule has 2 saturated heterocycles. The van der Waals surface area contributed by atoms with Crippen LogP contribution in [0.4, 0.5) is 0 Å². The molecule has 0 aromatic carbocycles. The number of aliphatic carboxylic acids is 1. The van der Waals surface area contributed by atoms with E-state index in [1.807, 2.05) is 0 Å². The number of nitrogens with one attached hydrogen (secondary N) is 1. The van der Waals surface area contributed by atoms with Gasteiger partial charge in [0.1, 0.15) is 6.04 Å². The number of carboxylic acid groups (broad SMARTS) is 1. The van der Waals surface area contributed by atoms with Gasteiger partial charge in [-0.2, -0.15) is 0 Å². The van der Waals surface area contributed by atoms with Crippen LogP contribution < -0.4 is 5.32 Å². The minimum absolute atomic E-state index is 0.102. The molecular formula is C11H16N2O4. The molecule has 2 unspecified atom stereocenters. The highest BCUT2D eigenvalue weighted by Crippen LogP contribution is 2.19. The van der Waals surface area contributed by atoms with Crippen molar-refractivity contribution >= 4 is 17.8 Å². The van der Waals surface area contributed by atoms with E-state index < -0.39 is 17.9 Å². The van der Waals surface area contributed by atoms with Crippen LogP contribution >= 0.6 is 0 Å². The van der Waals surface area contributed by atoms with E-state index in [2.05, 4.69) is 5.32 Å². The fourth-order valence-electron chi connectivity index (χ4n) is 2.40. The number of carbonyl (C=O) groups is 3. The van der Waals surface area contributed by atoms with Gasteiger partial charge < -0.3 is 15.3 Å². The van der Waals surface area contributed by atoms with E-state index in [4.69, 9.17) is 5.11 Å². The molecule has 17 heavy (non-hydrogen) atoms. The van der Waals surface area contributed by atoms with Crippen LogP contribution in [-0.2, 0) is 14.4 Å². The van der Waals surface area contributed by atoms with Crippen molar-refractivity contribution in [2.24, 2.45) is 5.92 Å². The van der Waals surface area contributed by atoms with Crippen molar-refractivity contribution in [3.05, 3.63) is 0 Å². The van der Waals surface area contributed by atoms with Crippen LogP contribution in [-0.4, -0.2) is 46.9 Å². The maximum Gasteiger partial charge on any atom is 0.308 e. The molecule has 2 atom stereocenters. The van der Waals surface area contributed by atoms with Crippen LogP contribution in [0.3, 0.4) is 0 Å². The van der Waals surface area contributed by atoms with Crippen LogP contribution in [0.2, 0.25) is 0 Å². The summed E-state index contributed by atoms with van der Waals surface area (Å²) in [5.74, 6) is -1.56. The second-order valence-electron chi connectivity index (χ2n) is 4.62. The molecule has 6 heteroatoms. The summed E-state index contributed by atoms with van der Waals surface area (Å²) in [5.41, 5.74) is 0. The second-order valence-corrected chi connectivity index (χ2v) is 4.62. The quantitative estimate of drug-likeness (QED) is 0.687. The highest BCUT2D eigenvalue weighted by molar-refractivity contribution is 5.91. The van der Waals surface area contributed by atoms with E-state index in [0.29, 0.717) is 32.2 Å². The maximum absolute atomic E-state index is 12.0. The molecule has 2 amide bonds. The first-order valence-corrected chi connectivity index (χ1v) is 5.89. The Labute approximate surface area is 99.0 Å². The monoisotopic (exact) mass is 240 g/mol. The Morgan fingerprint density at radius 3 is 2.71 bits per heavy atom. The van der Waals surface area contributed by atoms with Gasteiger partial charge in [0.15, 0.2) is 0 Å². The summed E-state index contributed by atoms with van der Waals surface area (Å²) in [6.45, 7) is 0.857. The minimum Gasteiger partial charge on any atom is -0.481 e. The highest BCUT2D eigenvalue weighted by atomic mass is 16.4. The summed E-state index contributed by atoms with van der Waals surface area (Å²) in [5, 5.41) is 11.6. The SMILES string of the molecule is O=C1CCC(C(=O)N2CCCC(C(=O)O)C2)N1. The van der Waals surface area contributed by atoms with Crippen molar-refractivity contribution in [1.29, 1.82) is 0 Å². The summed E-state index contributed by atoms with van der Waals surface area (Å²) in [4.78, 5) is 35.5. The molecule has 6 nitrogen and oxygen atoms in total. The number of hydrogen-bond acceptors (Lipinski definition) is 3. The molecule has 2 N–H and O–H groups in total. The number of rotatable bonds is 2. The lowest BCUT2D eigenvalue weighted by atomic mass is 9.97. The van der Waals surface area contributed by atoms with Gasteiger partial charge in [-0.25, -0.2) is 0 Å². The van der Waals surface area contributed by atoms with Crippen molar-refractivity contribution in [2.45, 2.75) is 31.7 Å². The van der Waals surface area contributed by atoms with Crippen molar-refractivity contribution in [2.75, 3.05) is 13.1 Å². The van der Waals surface area contributed by atoms with Crippen molar-refractivity contribution < 1.29 is 19.5 Å². The zero-order valence-electron chi connectivity index (χ0n) is 9.52. The van der Waals surface area contributed by atoms with Crippen molar-refractivity contribution in [3.63, 3.8) is 0 Å². The number of likely N-dealkylation sites (tertiary alicyclic amines) is 1. The molecule has 0 aromatic heterocycles. The van der Waals surface area contributed by atoms with Crippen LogP contribution in [0.5, 0.6) is 0 Å². The van der Waals surface area contributed by atoms with Gasteiger partial charge in [-0.3, -0.25) is 14.4 Å². The number of piperidine rings is 1. The fourth-order valence-corrected chi connectivity index (χ4v) is 2.40. The van der Waals surface area contributed by atoms with Gasteiger partial charge in [-0.1, -0.05) is 0 Å². The summed E-state index contributed by atoms with van der Waals surface area (Å²) < 4.78 is 0. The van der Waals surface area contributed by atoms with Gasteiger partial charge >= 0.3 is 5.97 Å². The molecule has 2 heterocycles. The van der Waals surface area contributed by atoms with E-state index in [-0.39, 0.29) is 18.4 Å². The van der Waals surface area contributed by atoms with Gasteiger partial charge in [-0.15, -0.1) is 0 Å². The first-order valence-electron chi connectivity index (χ1n) is 5.89. The van der Waals surface area contributed by atoms with Crippen molar-refractivity contribution in [1.82, 2.24) is 10.2 Å². The topological polar surface area (TPSA) is 86.7 Å². The average molecular weight is 240 g/mol. The number of nitrogens with zero attached hydrogens (tertiary/aromatic N) is 1. The number of hydrogen-bond donors (Lipinski definition) is 2. The molecule has 2 aliphatic heterocycles. The molecule has 0 radical (unpaired) electrons. The highest BCUT2D eigenvalue weighted by Gasteiger charge is 2.34. The normalized spacial score (nSPS) is 28.9. The number of amides is 2. The lowest BCUT2D eigenvalue weighted by Crippen LogP contribution is -2.49. The van der Waals surface area contributed by atoms with E-state index in [0.717, 1.165) is 0 Å². The van der Waals surface area contributed by atoms with Crippen LogP contribution in [0, 0.1) is 5.92 Å². The predicted molar refractivity (Wildman–Crippen MR) is 58.1 cm³/mol. The van der Waals surface area contributed by atoms with Crippen LogP contribution in [0.15, 0.2) is 0 Å². The Bertz CT molecular complexity index is 355. The van der Waals surface area contributed by atoms with Crippen molar-refractivity contribution in [3.8, 4) is 0 Å². The summed E-state index contributed by atoms with van der Waals surface area (Å²) in [7, 11) is 0. The first-order chi connectivity index (χ1) is 8.08. The van der Waals surface area contributed by atoms with Crippen LogP contribution in [0.25, 0.3) is 0 Å². The van der Waals surface area contributed by atoms with E-state index >= 15 is 0 Å². The number of carboxylic acids is 1. The van der Waals surface area contributed by atoms with E-state index in [1.165, 1.54) is 0 Å². The fraction of sp³-hybridized carbons (Fsp3) is 0.727. The lowest BCUT2D eigenvalue weighted by molar-refractivity contribution is -0.146. The summed E-state index contributed by atoms with van der Waals surface area (Å²) in [6.07, 6.45) is 2.23. The standard InChI is InChI=1S/C11H16N2O4/c14-9-4-3-8(12-9)10(15)13-5-1-2-7(6-13)11(16)17/h7-8H,1-6H2,(H,12,14)(H,16,17). The molecule has 0 saturated carbocycles. The van der Waals surface area contributed by atoms with E-state index in [1.54, 1.807) is 4.90 Å². The summed E-state index contributed by atoms with van der Waals surface area (Å²) >= 11 is 0. The molecule has 2 rings (SSSR count). The predicted octanol–water partition coefficient (Wildman–Crippen LogP) is -0.412. The second kappa shape index (κ2) is 4.73. The summed E-state index contributed by atoms with van der Waals surface area (Å²) in [6, 6.07) is -0.449. The van der Waals surface area contributed by atoms with Crippen LogP contribution in [0.1, 0.15) is 25.7 Å². The van der Waals surface area contributed by atoms with Gasteiger partial charge in [0.2, 0.25) is 11.8 Å². The largest absolute Gasteiger partial charge is 0.481 e. The smallest absolute Gasteiger partial charge is 0.308 e. The molecule has 0 bridgehead atoms. The van der Waals surface area contributed by atoms with Gasteiger partial charge in [0, 0.05) is 19.5 Å². The van der Waals surface area contributed by atoms with Gasteiger partial charge in [-0.05, 0) is 19.3 Å². The Hall–Kier alpha value is -1.59. The van der Waals surface area contributed by atoms with Gasteiger partial charge in [0.25, 0.3) is 0 Å². The third kappa shape index (κ3) is 2.57. The maximum atomic E-state index is 12.0. The lowest BCUT2D eigenvalue weighted by Gasteiger charge is -2.32.